The summed E-state index contributed by atoms with van der Waals surface area (Å²) < 4.78 is 4.54. The zero-order chi connectivity index (χ0) is 19.7. The fraction of sp³-hybridized carbons (Fsp3) is 0.571. The van der Waals surface area contributed by atoms with Crippen LogP contribution in [-0.2, 0) is 26.7 Å². The van der Waals surface area contributed by atoms with Gasteiger partial charge in [0.15, 0.2) is 0 Å². The van der Waals surface area contributed by atoms with Gasteiger partial charge in [0.2, 0.25) is 0 Å². The molecule has 4 rings (SSSR count). The van der Waals surface area contributed by atoms with Crippen molar-refractivity contribution in [3.05, 3.63) is 41.7 Å². The molecule has 0 bridgehead atoms. The van der Waals surface area contributed by atoms with Crippen LogP contribution in [0.1, 0.15) is 43.2 Å². The highest BCUT2D eigenvalue weighted by molar-refractivity contribution is 5.75. The minimum absolute atomic E-state index is 0.495. The number of nitrogens with zero attached hydrogens (tertiary/aromatic N) is 7. The van der Waals surface area contributed by atoms with E-state index in [0.29, 0.717) is 5.92 Å². The van der Waals surface area contributed by atoms with Gasteiger partial charge < -0.3 is 14.0 Å². The van der Waals surface area contributed by atoms with Crippen LogP contribution in [0.5, 0.6) is 0 Å². The van der Waals surface area contributed by atoms with Crippen molar-refractivity contribution in [2.24, 2.45) is 7.05 Å². The van der Waals surface area contributed by atoms with Gasteiger partial charge >= 0.3 is 0 Å². The first-order valence-electron chi connectivity index (χ1n) is 10.3. The van der Waals surface area contributed by atoms with Crippen LogP contribution in [0.15, 0.2) is 24.3 Å². The van der Waals surface area contributed by atoms with Crippen LogP contribution >= 0.6 is 0 Å². The standard InChI is InChI=1S/C21H31N7/c1-5-28-18-9-7-6-8-17(18)22-19(28)15-27-12-10-16(11-13-27)21-24-23-20(26(21)4)14-25(2)3/h6-9,16H,5,10-15H2,1-4H3. The molecule has 28 heavy (non-hydrogen) atoms. The van der Waals surface area contributed by atoms with Gasteiger partial charge in [0, 0.05) is 19.5 Å². The maximum atomic E-state index is 4.89. The molecular formula is C21H31N7. The number of benzene rings is 1. The van der Waals surface area contributed by atoms with Gasteiger partial charge in [-0.2, -0.15) is 0 Å². The topological polar surface area (TPSA) is 55.0 Å². The summed E-state index contributed by atoms with van der Waals surface area (Å²) in [6.45, 7) is 7.06. The number of hydrogen-bond acceptors (Lipinski definition) is 5. The monoisotopic (exact) mass is 381 g/mol. The van der Waals surface area contributed by atoms with Crippen LogP contribution in [0.4, 0.5) is 0 Å². The fourth-order valence-electron chi connectivity index (χ4n) is 4.30. The number of imidazole rings is 1. The molecule has 150 valence electrons. The minimum atomic E-state index is 0.495. The molecule has 0 aliphatic carbocycles. The third-order valence-electron chi connectivity index (χ3n) is 5.82. The molecule has 1 saturated heterocycles. The number of fused-ring (bicyclic) bond motifs is 1. The maximum absolute atomic E-state index is 4.89. The molecule has 3 heterocycles. The molecule has 1 fully saturated rings. The van der Waals surface area contributed by atoms with E-state index in [1.54, 1.807) is 0 Å². The van der Waals surface area contributed by atoms with Crippen molar-refractivity contribution in [3.63, 3.8) is 0 Å². The fourth-order valence-corrected chi connectivity index (χ4v) is 4.30. The summed E-state index contributed by atoms with van der Waals surface area (Å²) in [5.41, 5.74) is 2.34. The van der Waals surface area contributed by atoms with Gasteiger partial charge in [-0.05, 0) is 59.1 Å². The largest absolute Gasteiger partial charge is 0.327 e. The van der Waals surface area contributed by atoms with Crippen molar-refractivity contribution < 1.29 is 0 Å². The van der Waals surface area contributed by atoms with E-state index in [1.165, 1.54) is 11.3 Å². The zero-order valence-electron chi connectivity index (χ0n) is 17.5. The molecule has 0 saturated carbocycles. The lowest BCUT2D eigenvalue weighted by Crippen LogP contribution is -2.34. The van der Waals surface area contributed by atoms with E-state index in [9.17, 15) is 0 Å². The van der Waals surface area contributed by atoms with Crippen molar-refractivity contribution in [2.45, 2.75) is 45.3 Å². The molecule has 2 aromatic heterocycles. The Bertz CT molecular complexity index is 932. The first-order valence-corrected chi connectivity index (χ1v) is 10.3. The third-order valence-corrected chi connectivity index (χ3v) is 5.82. The van der Waals surface area contributed by atoms with Gasteiger partial charge in [0.05, 0.1) is 24.1 Å². The second-order valence-corrected chi connectivity index (χ2v) is 8.08. The quantitative estimate of drug-likeness (QED) is 0.657. The number of aromatic nitrogens is 5. The Labute approximate surface area is 167 Å². The smallest absolute Gasteiger partial charge is 0.146 e. The number of hydrogen-bond donors (Lipinski definition) is 0. The first kappa shape index (κ1) is 19.1. The van der Waals surface area contributed by atoms with Crippen molar-refractivity contribution >= 4 is 11.0 Å². The zero-order valence-corrected chi connectivity index (χ0v) is 17.5. The molecular weight excluding hydrogens is 350 g/mol. The van der Waals surface area contributed by atoms with Crippen LogP contribution in [0.2, 0.25) is 0 Å². The lowest BCUT2D eigenvalue weighted by molar-refractivity contribution is 0.194. The summed E-state index contributed by atoms with van der Waals surface area (Å²) in [5.74, 6) is 3.85. The second-order valence-electron chi connectivity index (χ2n) is 8.08. The van der Waals surface area contributed by atoms with Gasteiger partial charge in [-0.1, -0.05) is 12.1 Å². The van der Waals surface area contributed by atoms with E-state index < -0.39 is 0 Å². The molecule has 0 N–H and O–H groups in total. The average Bonchev–Trinajstić information content (AvgIpc) is 3.22. The Balaban J connectivity index is 1.42. The van der Waals surface area contributed by atoms with E-state index in [4.69, 9.17) is 4.98 Å². The summed E-state index contributed by atoms with van der Waals surface area (Å²) in [6.07, 6.45) is 2.25. The number of para-hydroxylation sites is 2. The van der Waals surface area contributed by atoms with Gasteiger partial charge in [-0.25, -0.2) is 4.98 Å². The molecule has 7 nitrogen and oxygen atoms in total. The highest BCUT2D eigenvalue weighted by Gasteiger charge is 2.26. The van der Waals surface area contributed by atoms with Crippen molar-refractivity contribution in [1.29, 1.82) is 0 Å². The summed E-state index contributed by atoms with van der Waals surface area (Å²) in [6, 6.07) is 8.44. The molecule has 1 aliphatic heterocycles. The molecule has 1 aromatic carbocycles. The van der Waals surface area contributed by atoms with E-state index in [1.807, 2.05) is 0 Å². The van der Waals surface area contributed by atoms with Crippen molar-refractivity contribution in [1.82, 2.24) is 34.1 Å². The normalized spacial score (nSPS) is 16.5. The summed E-state index contributed by atoms with van der Waals surface area (Å²) in [4.78, 5) is 9.55. The number of rotatable bonds is 6. The van der Waals surface area contributed by atoms with Crippen LogP contribution in [0.25, 0.3) is 11.0 Å². The highest BCUT2D eigenvalue weighted by atomic mass is 15.3. The number of aryl methyl sites for hydroxylation is 1. The van der Waals surface area contributed by atoms with E-state index in [-0.39, 0.29) is 0 Å². The van der Waals surface area contributed by atoms with Crippen LogP contribution in [0, 0.1) is 0 Å². The lowest BCUT2D eigenvalue weighted by Gasteiger charge is -2.31. The minimum Gasteiger partial charge on any atom is -0.327 e. The van der Waals surface area contributed by atoms with Crippen LogP contribution in [-0.4, -0.2) is 61.3 Å². The molecule has 0 atom stereocenters. The Morgan fingerprint density at radius 2 is 1.82 bits per heavy atom. The predicted molar refractivity (Wildman–Crippen MR) is 111 cm³/mol. The van der Waals surface area contributed by atoms with Crippen LogP contribution < -0.4 is 0 Å². The maximum Gasteiger partial charge on any atom is 0.146 e. The van der Waals surface area contributed by atoms with E-state index in [0.717, 1.165) is 62.7 Å². The van der Waals surface area contributed by atoms with Crippen LogP contribution in [0.3, 0.4) is 0 Å². The molecule has 0 amide bonds. The molecule has 1 aliphatic rings. The molecule has 7 heteroatoms. The predicted octanol–water partition coefficient (Wildman–Crippen LogP) is 2.63. The highest BCUT2D eigenvalue weighted by Crippen LogP contribution is 2.28. The summed E-state index contributed by atoms with van der Waals surface area (Å²) in [5, 5.41) is 8.92. The SMILES string of the molecule is CCn1c(CN2CCC(c3nnc(CN(C)C)n3C)CC2)nc2ccccc21. The van der Waals surface area contributed by atoms with E-state index >= 15 is 0 Å². The lowest BCUT2D eigenvalue weighted by atomic mass is 9.96. The summed E-state index contributed by atoms with van der Waals surface area (Å²) in [7, 11) is 6.23. The molecule has 3 aromatic rings. The number of piperidine rings is 1. The van der Waals surface area contributed by atoms with Gasteiger partial charge in [-0.15, -0.1) is 10.2 Å². The van der Waals surface area contributed by atoms with Crippen molar-refractivity contribution in [2.75, 3.05) is 27.2 Å². The Morgan fingerprint density at radius 3 is 2.54 bits per heavy atom. The molecule has 0 radical (unpaired) electrons. The Kier molecular flexibility index (Phi) is 5.46. The third kappa shape index (κ3) is 3.69. The average molecular weight is 382 g/mol. The molecule has 0 unspecified atom stereocenters. The second kappa shape index (κ2) is 8.01. The first-order chi connectivity index (χ1) is 13.6. The number of likely N-dealkylation sites (tertiary alicyclic amines) is 1. The Morgan fingerprint density at radius 1 is 1.07 bits per heavy atom. The van der Waals surface area contributed by atoms with Gasteiger partial charge in [-0.3, -0.25) is 4.90 Å². The summed E-state index contributed by atoms with van der Waals surface area (Å²) >= 11 is 0. The van der Waals surface area contributed by atoms with Gasteiger partial charge in [0.1, 0.15) is 17.5 Å². The molecule has 0 spiro atoms. The van der Waals surface area contributed by atoms with Gasteiger partial charge in [0.25, 0.3) is 0 Å². The van der Waals surface area contributed by atoms with Crippen molar-refractivity contribution in [3.8, 4) is 0 Å². The van der Waals surface area contributed by atoms with E-state index in [2.05, 4.69) is 81.5 Å². The Hall–Kier alpha value is -2.25.